The Morgan fingerprint density at radius 1 is 1.04 bits per heavy atom. The molecule has 0 aliphatic heterocycles. The molecular weight excluding hydrogens is 379 g/mol. The molecule has 0 atom stereocenters. The maximum atomic E-state index is 13.3. The van der Waals surface area contributed by atoms with Gasteiger partial charge in [0.15, 0.2) is 0 Å². The molecule has 4 rings (SSSR count). The van der Waals surface area contributed by atoms with E-state index in [0.29, 0.717) is 21.9 Å². The van der Waals surface area contributed by atoms with Crippen LogP contribution in [0.1, 0.15) is 11.1 Å². The molecule has 0 aliphatic rings. The van der Waals surface area contributed by atoms with Crippen LogP contribution in [0, 0.1) is 12.7 Å². The molecule has 1 heterocycles. The zero-order valence-corrected chi connectivity index (χ0v) is 15.8. The summed E-state index contributed by atoms with van der Waals surface area (Å²) in [5.41, 5.74) is 2.83. The Morgan fingerprint density at radius 3 is 2.57 bits per heavy atom. The molecule has 0 amide bonds. The Hall–Kier alpha value is -3.11. The van der Waals surface area contributed by atoms with Gasteiger partial charge in [-0.3, -0.25) is 0 Å². The van der Waals surface area contributed by atoms with Crippen LogP contribution in [0.2, 0.25) is 5.02 Å². The first-order valence-corrected chi connectivity index (χ1v) is 9.10. The van der Waals surface area contributed by atoms with Crippen molar-refractivity contribution < 1.29 is 13.5 Å². The molecule has 0 saturated heterocycles. The van der Waals surface area contributed by atoms with Crippen LogP contribution in [0.3, 0.4) is 0 Å². The van der Waals surface area contributed by atoms with Crippen molar-refractivity contribution in [1.82, 2.24) is 0 Å². The third kappa shape index (κ3) is 3.64. The lowest BCUT2D eigenvalue weighted by Gasteiger charge is -2.10. The number of ether oxygens (including phenoxy) is 1. The monoisotopic (exact) mass is 394 g/mol. The number of fused-ring (bicyclic) bond motifs is 1. The lowest BCUT2D eigenvalue weighted by atomic mass is 10.00. The zero-order valence-electron chi connectivity index (χ0n) is 15.0. The van der Waals surface area contributed by atoms with E-state index in [1.165, 1.54) is 12.1 Å². The second-order valence-corrected chi connectivity index (χ2v) is 6.91. The van der Waals surface area contributed by atoms with Gasteiger partial charge in [-0.1, -0.05) is 35.9 Å². The van der Waals surface area contributed by atoms with Crippen molar-refractivity contribution in [2.24, 2.45) is 0 Å². The van der Waals surface area contributed by atoms with Gasteiger partial charge < -0.3 is 9.15 Å². The Balaban J connectivity index is 1.68. The Kier molecular flexibility index (Phi) is 4.88. The van der Waals surface area contributed by atoms with Gasteiger partial charge in [0, 0.05) is 16.5 Å². The summed E-state index contributed by atoms with van der Waals surface area (Å²) in [5.74, 6) is 0.231. The van der Waals surface area contributed by atoms with Crippen molar-refractivity contribution >= 4 is 22.6 Å². The first kappa shape index (κ1) is 18.3. The molecule has 1 aromatic heterocycles. The number of rotatable bonds is 4. The Bertz CT molecular complexity index is 1210. The van der Waals surface area contributed by atoms with Gasteiger partial charge in [0.25, 0.3) is 0 Å². The Labute approximate surface area is 166 Å². The van der Waals surface area contributed by atoms with E-state index in [4.69, 9.17) is 20.8 Å². The van der Waals surface area contributed by atoms with Crippen LogP contribution in [-0.2, 0) is 6.61 Å². The van der Waals surface area contributed by atoms with Gasteiger partial charge in [-0.15, -0.1) is 0 Å². The minimum absolute atomic E-state index is 0.218. The highest BCUT2D eigenvalue weighted by Gasteiger charge is 2.14. The average molecular weight is 395 g/mol. The molecule has 3 nitrogen and oxygen atoms in total. The molecule has 0 bridgehead atoms. The van der Waals surface area contributed by atoms with Crippen molar-refractivity contribution in [1.29, 1.82) is 0 Å². The van der Waals surface area contributed by atoms with Gasteiger partial charge in [0.1, 0.15) is 23.8 Å². The van der Waals surface area contributed by atoms with Crippen molar-refractivity contribution in [3.05, 3.63) is 99.1 Å². The minimum Gasteiger partial charge on any atom is -0.489 e. The third-order valence-electron chi connectivity index (χ3n) is 4.57. The second-order valence-electron chi connectivity index (χ2n) is 6.47. The molecule has 140 valence electrons. The molecule has 0 N–H and O–H groups in total. The quantitative estimate of drug-likeness (QED) is 0.390. The van der Waals surface area contributed by atoms with E-state index >= 15 is 0 Å². The molecule has 4 aromatic rings. The summed E-state index contributed by atoms with van der Waals surface area (Å²) in [6.45, 7) is 2.10. The van der Waals surface area contributed by atoms with Crippen molar-refractivity contribution in [3.63, 3.8) is 0 Å². The van der Waals surface area contributed by atoms with Crippen molar-refractivity contribution in [2.75, 3.05) is 0 Å². The van der Waals surface area contributed by atoms with E-state index in [9.17, 15) is 9.18 Å². The van der Waals surface area contributed by atoms with E-state index in [-0.39, 0.29) is 12.4 Å². The van der Waals surface area contributed by atoms with Gasteiger partial charge in [-0.25, -0.2) is 9.18 Å². The topological polar surface area (TPSA) is 39.4 Å². The predicted molar refractivity (Wildman–Crippen MR) is 108 cm³/mol. The molecule has 0 spiro atoms. The zero-order chi connectivity index (χ0) is 19.7. The maximum Gasteiger partial charge on any atom is 0.344 e. The van der Waals surface area contributed by atoms with E-state index < -0.39 is 5.63 Å². The summed E-state index contributed by atoms with van der Waals surface area (Å²) in [6, 6.07) is 18.6. The summed E-state index contributed by atoms with van der Waals surface area (Å²) in [6.07, 6.45) is 0. The summed E-state index contributed by atoms with van der Waals surface area (Å²) in [4.78, 5) is 12.6. The number of hydrogen-bond donors (Lipinski definition) is 0. The number of hydrogen-bond acceptors (Lipinski definition) is 3. The highest BCUT2D eigenvalue weighted by Crippen LogP contribution is 2.29. The van der Waals surface area contributed by atoms with Crippen LogP contribution in [0.15, 0.2) is 75.9 Å². The third-order valence-corrected chi connectivity index (χ3v) is 4.82. The van der Waals surface area contributed by atoms with Gasteiger partial charge in [-0.05, 0) is 60.0 Å². The lowest BCUT2D eigenvalue weighted by molar-refractivity contribution is 0.305. The fourth-order valence-corrected chi connectivity index (χ4v) is 3.30. The van der Waals surface area contributed by atoms with E-state index in [0.717, 1.165) is 22.1 Å². The predicted octanol–water partition coefficient (Wildman–Crippen LogP) is 6.14. The SMILES string of the molecule is Cc1c(-c2ccc(Cl)cc2)c(=O)oc2cc(OCc3cccc(F)c3)ccc12. The van der Waals surface area contributed by atoms with Crippen molar-refractivity contribution in [2.45, 2.75) is 13.5 Å². The van der Waals surface area contributed by atoms with Gasteiger partial charge in [0.2, 0.25) is 0 Å². The fourth-order valence-electron chi connectivity index (χ4n) is 3.17. The fraction of sp³-hybridized carbons (Fsp3) is 0.0870. The summed E-state index contributed by atoms with van der Waals surface area (Å²) in [7, 11) is 0. The van der Waals surface area contributed by atoms with Gasteiger partial charge in [0.05, 0.1) is 5.56 Å². The van der Waals surface area contributed by atoms with Crippen LogP contribution in [0.25, 0.3) is 22.1 Å². The van der Waals surface area contributed by atoms with E-state index in [1.807, 2.05) is 13.0 Å². The standard InChI is InChI=1S/C23H16ClFO3/c1-14-20-10-9-19(27-13-15-3-2-4-18(25)11-15)12-21(20)28-23(26)22(14)16-5-7-17(24)8-6-16/h2-12H,13H2,1H3. The molecular formula is C23H16ClFO3. The summed E-state index contributed by atoms with van der Waals surface area (Å²) in [5, 5.41) is 1.43. The van der Waals surface area contributed by atoms with E-state index in [1.54, 1.807) is 48.5 Å². The first-order valence-electron chi connectivity index (χ1n) is 8.72. The number of aryl methyl sites for hydroxylation is 1. The molecule has 0 aliphatic carbocycles. The first-order chi connectivity index (χ1) is 13.5. The highest BCUT2D eigenvalue weighted by molar-refractivity contribution is 6.30. The average Bonchev–Trinajstić information content (AvgIpc) is 2.68. The smallest absolute Gasteiger partial charge is 0.344 e. The molecule has 28 heavy (non-hydrogen) atoms. The molecule has 0 saturated carbocycles. The largest absolute Gasteiger partial charge is 0.489 e. The summed E-state index contributed by atoms with van der Waals surface area (Å²) < 4.78 is 24.5. The van der Waals surface area contributed by atoms with Crippen LogP contribution in [0.5, 0.6) is 5.75 Å². The van der Waals surface area contributed by atoms with Crippen molar-refractivity contribution in [3.8, 4) is 16.9 Å². The van der Waals surface area contributed by atoms with Crippen LogP contribution >= 0.6 is 11.6 Å². The van der Waals surface area contributed by atoms with Crippen LogP contribution in [0.4, 0.5) is 4.39 Å². The molecule has 0 radical (unpaired) electrons. The molecule has 3 aromatic carbocycles. The Morgan fingerprint density at radius 2 is 1.82 bits per heavy atom. The van der Waals surface area contributed by atoms with Crippen LogP contribution < -0.4 is 10.4 Å². The summed E-state index contributed by atoms with van der Waals surface area (Å²) >= 11 is 5.94. The second kappa shape index (κ2) is 7.49. The van der Waals surface area contributed by atoms with Gasteiger partial charge in [-0.2, -0.15) is 0 Å². The number of benzene rings is 3. The normalized spacial score (nSPS) is 11.0. The van der Waals surface area contributed by atoms with Gasteiger partial charge >= 0.3 is 5.63 Å². The molecule has 0 unspecified atom stereocenters. The maximum absolute atomic E-state index is 13.3. The molecule has 0 fully saturated rings. The molecule has 5 heteroatoms. The van der Waals surface area contributed by atoms with Crippen LogP contribution in [-0.4, -0.2) is 0 Å². The number of halogens is 2. The minimum atomic E-state index is -0.422. The highest BCUT2D eigenvalue weighted by atomic mass is 35.5. The van der Waals surface area contributed by atoms with E-state index in [2.05, 4.69) is 0 Å². The lowest BCUT2D eigenvalue weighted by Crippen LogP contribution is -2.06.